The van der Waals surface area contributed by atoms with Gasteiger partial charge in [-0.2, -0.15) is 0 Å². The van der Waals surface area contributed by atoms with Crippen LogP contribution in [0.3, 0.4) is 0 Å². The Morgan fingerprint density at radius 3 is 1.03 bits per heavy atom. The largest absolute Gasteiger partial charge is 0.387 e. The first kappa shape index (κ1) is 31.2. The molecule has 0 aromatic heterocycles. The Kier molecular flexibility index (Phi) is 26.6. The summed E-state index contributed by atoms with van der Waals surface area (Å²) in [5, 5.41) is 2.05. The van der Waals surface area contributed by atoms with Crippen molar-refractivity contribution in [1.82, 2.24) is 5.06 Å². The molecule has 0 fully saturated rings. The predicted octanol–water partition coefficient (Wildman–Crippen LogP) is 10.1. The molecule has 0 saturated heterocycles. The number of hydroxylamine groups is 2. The van der Waals surface area contributed by atoms with E-state index >= 15 is 0 Å². The fraction of sp³-hybridized carbons (Fsp3) is 0.963. The quantitative estimate of drug-likeness (QED) is 0.0613. The van der Waals surface area contributed by atoms with Gasteiger partial charge in [-0.15, -0.1) is 5.06 Å². The maximum absolute atomic E-state index is 5.66. The second-order valence-electron chi connectivity index (χ2n) is 9.36. The van der Waals surface area contributed by atoms with E-state index in [0.717, 1.165) is 13.1 Å². The average molecular weight is 474 g/mol. The fourth-order valence-electron chi connectivity index (χ4n) is 4.22. The monoisotopic (exact) mass is 473 g/mol. The van der Waals surface area contributed by atoms with Crippen LogP contribution in [0.4, 0.5) is 0 Å². The van der Waals surface area contributed by atoms with Gasteiger partial charge in [0.15, 0.2) is 0 Å². The molecule has 186 valence electrons. The number of rotatable bonds is 25. The summed E-state index contributed by atoms with van der Waals surface area (Å²) in [6.07, 6.45) is 30.2. The molecule has 0 radical (unpaired) electrons. The molecule has 0 aliphatic heterocycles. The Morgan fingerprint density at radius 1 is 0.516 bits per heavy atom. The van der Waals surface area contributed by atoms with Crippen molar-refractivity contribution in [3.05, 3.63) is 0 Å². The highest BCUT2D eigenvalue weighted by atomic mass is 32.1. The molecule has 0 bridgehead atoms. The lowest BCUT2D eigenvalue weighted by Crippen LogP contribution is -2.27. The lowest BCUT2D eigenvalue weighted by molar-refractivity contribution is -0.0676. The summed E-state index contributed by atoms with van der Waals surface area (Å²) >= 11 is 9.22. The van der Waals surface area contributed by atoms with Crippen LogP contribution in [0.1, 0.15) is 155 Å². The van der Waals surface area contributed by atoms with E-state index < -0.39 is 0 Å². The first-order valence-electron chi connectivity index (χ1n) is 13.9. The van der Waals surface area contributed by atoms with Crippen molar-refractivity contribution in [1.29, 1.82) is 0 Å². The van der Waals surface area contributed by atoms with E-state index in [0.29, 0.717) is 4.38 Å². The Labute approximate surface area is 207 Å². The number of hydrogen-bond acceptors (Lipinski definition) is 3. The third-order valence-corrected chi connectivity index (χ3v) is 6.39. The van der Waals surface area contributed by atoms with Gasteiger partial charge >= 0.3 is 0 Å². The van der Waals surface area contributed by atoms with Crippen LogP contribution in [0.15, 0.2) is 0 Å². The van der Waals surface area contributed by atoms with E-state index in [1.54, 1.807) is 0 Å². The normalized spacial score (nSPS) is 11.4. The highest BCUT2D eigenvalue weighted by molar-refractivity contribution is 8.10. The van der Waals surface area contributed by atoms with Crippen molar-refractivity contribution < 1.29 is 4.84 Å². The zero-order chi connectivity index (χ0) is 22.8. The molecule has 31 heavy (non-hydrogen) atoms. The lowest BCUT2D eigenvalue weighted by Gasteiger charge is -2.21. The molecule has 4 heteroatoms. The van der Waals surface area contributed by atoms with Gasteiger partial charge in [0.1, 0.15) is 0 Å². The Bertz CT molecular complexity index is 339. The second-order valence-corrected chi connectivity index (χ2v) is 10.4. The second kappa shape index (κ2) is 26.5. The number of unbranched alkanes of at least 4 members (excludes halogenated alkanes) is 20. The molecule has 0 spiro atoms. The van der Waals surface area contributed by atoms with Crippen LogP contribution in [0.25, 0.3) is 0 Å². The fourth-order valence-corrected chi connectivity index (χ4v) is 4.44. The smallest absolute Gasteiger partial charge is 0.241 e. The van der Waals surface area contributed by atoms with Crippen LogP contribution >= 0.6 is 24.8 Å². The van der Waals surface area contributed by atoms with E-state index in [9.17, 15) is 0 Å². The minimum absolute atomic E-state index is 0.353. The van der Waals surface area contributed by atoms with Crippen LogP contribution in [-0.2, 0) is 4.84 Å². The van der Waals surface area contributed by atoms with E-state index in [1.807, 2.05) is 0 Å². The van der Waals surface area contributed by atoms with Crippen LogP contribution in [0, 0.1) is 0 Å². The molecule has 0 saturated carbocycles. The molecule has 0 unspecified atom stereocenters. The molecule has 0 aliphatic carbocycles. The van der Waals surface area contributed by atoms with Gasteiger partial charge in [-0.25, -0.2) is 0 Å². The van der Waals surface area contributed by atoms with E-state index in [1.165, 1.54) is 141 Å². The van der Waals surface area contributed by atoms with Gasteiger partial charge in [0.25, 0.3) is 0 Å². The SMILES string of the molecule is CCCCCCCCCCCCCN(CCCCCCCCCCCCC)OC(=S)S. The number of thiol groups is 1. The first-order chi connectivity index (χ1) is 15.2. The lowest BCUT2D eigenvalue weighted by atomic mass is 10.1. The number of hydrogen-bond donors (Lipinski definition) is 1. The molecular formula is C27H55NOS2. The Balaban J connectivity index is 3.54. The molecule has 0 aromatic carbocycles. The predicted molar refractivity (Wildman–Crippen MR) is 147 cm³/mol. The van der Waals surface area contributed by atoms with Gasteiger partial charge in [0.05, 0.1) is 0 Å². The zero-order valence-electron chi connectivity index (χ0n) is 21.2. The highest BCUT2D eigenvalue weighted by Crippen LogP contribution is 2.14. The van der Waals surface area contributed by atoms with E-state index in [4.69, 9.17) is 17.1 Å². The van der Waals surface area contributed by atoms with Crippen LogP contribution < -0.4 is 0 Å². The van der Waals surface area contributed by atoms with Gasteiger partial charge in [-0.05, 0) is 25.1 Å². The van der Waals surface area contributed by atoms with Crippen molar-refractivity contribution in [2.24, 2.45) is 0 Å². The summed E-state index contributed by atoms with van der Waals surface area (Å²) < 4.78 is 0.353. The molecule has 2 nitrogen and oxygen atoms in total. The summed E-state index contributed by atoms with van der Waals surface area (Å²) in [5.74, 6) is 0. The first-order valence-corrected chi connectivity index (χ1v) is 14.7. The third-order valence-electron chi connectivity index (χ3n) is 6.23. The maximum Gasteiger partial charge on any atom is 0.241 e. The molecule has 0 atom stereocenters. The van der Waals surface area contributed by atoms with Crippen LogP contribution in [-0.4, -0.2) is 22.5 Å². The molecule has 0 N–H and O–H groups in total. The molecule has 0 rings (SSSR count). The van der Waals surface area contributed by atoms with Crippen LogP contribution in [0.2, 0.25) is 0 Å². The van der Waals surface area contributed by atoms with Gasteiger partial charge in [0.2, 0.25) is 4.38 Å². The van der Waals surface area contributed by atoms with Crippen molar-refractivity contribution in [3.8, 4) is 0 Å². The zero-order valence-corrected chi connectivity index (χ0v) is 22.9. The van der Waals surface area contributed by atoms with Gasteiger partial charge in [0, 0.05) is 13.1 Å². The Hall–Kier alpha value is 0.200. The van der Waals surface area contributed by atoms with E-state index in [2.05, 4.69) is 31.5 Å². The molecule has 0 aromatic rings. The molecule has 0 heterocycles. The van der Waals surface area contributed by atoms with Gasteiger partial charge in [-0.3, -0.25) is 0 Å². The van der Waals surface area contributed by atoms with Crippen LogP contribution in [0.5, 0.6) is 0 Å². The van der Waals surface area contributed by atoms with Crippen molar-refractivity contribution in [3.63, 3.8) is 0 Å². The summed E-state index contributed by atoms with van der Waals surface area (Å²) in [7, 11) is 0. The van der Waals surface area contributed by atoms with Crippen molar-refractivity contribution in [2.45, 2.75) is 155 Å². The average Bonchev–Trinajstić information content (AvgIpc) is 2.75. The summed E-state index contributed by atoms with van der Waals surface area (Å²) in [4.78, 5) is 5.66. The number of thiocarbonyl (C=S) groups is 1. The van der Waals surface area contributed by atoms with E-state index in [-0.39, 0.29) is 0 Å². The minimum Gasteiger partial charge on any atom is -0.387 e. The standard InChI is InChI=1S/C27H55NOS2/c1-3-5-7-9-11-13-15-17-19-21-23-25-28(29-27(30)31)26-24-22-20-18-16-14-12-10-8-6-4-2/h3-26H2,1-2H3,(H,30,31). The third kappa shape index (κ3) is 26.3. The van der Waals surface area contributed by atoms with Crippen molar-refractivity contribution in [2.75, 3.05) is 13.1 Å². The molecule has 0 amide bonds. The molecular weight excluding hydrogens is 418 g/mol. The summed E-state index contributed by atoms with van der Waals surface area (Å²) in [5.41, 5.74) is 0. The number of nitrogens with zero attached hydrogens (tertiary/aromatic N) is 1. The summed E-state index contributed by atoms with van der Waals surface area (Å²) in [6, 6.07) is 0. The molecule has 0 aliphatic rings. The van der Waals surface area contributed by atoms with Gasteiger partial charge < -0.3 is 4.84 Å². The topological polar surface area (TPSA) is 12.5 Å². The van der Waals surface area contributed by atoms with Crippen molar-refractivity contribution >= 4 is 29.2 Å². The summed E-state index contributed by atoms with van der Waals surface area (Å²) in [6.45, 7) is 6.53. The maximum atomic E-state index is 5.66. The Morgan fingerprint density at radius 2 is 0.774 bits per heavy atom. The van der Waals surface area contributed by atoms with Gasteiger partial charge in [-0.1, -0.05) is 155 Å². The minimum atomic E-state index is 0.353. The highest BCUT2D eigenvalue weighted by Gasteiger charge is 2.07.